The van der Waals surface area contributed by atoms with Crippen LogP contribution in [-0.2, 0) is 20.6 Å². The maximum atomic E-state index is 12.2. The molecule has 0 aliphatic carbocycles. The van der Waals surface area contributed by atoms with E-state index in [0.717, 1.165) is 4.57 Å². The zero-order valence-corrected chi connectivity index (χ0v) is 14.3. The van der Waals surface area contributed by atoms with Crippen molar-refractivity contribution in [2.24, 2.45) is 14.1 Å². The van der Waals surface area contributed by atoms with E-state index in [4.69, 9.17) is 0 Å². The fraction of sp³-hybridized carbons (Fsp3) is 0.214. The lowest BCUT2D eigenvalue weighted by atomic mass is 10.2. The van der Waals surface area contributed by atoms with Crippen molar-refractivity contribution in [1.29, 1.82) is 0 Å². The monoisotopic (exact) mass is 393 g/mol. The number of fused-ring (bicyclic) bond motifs is 1. The Hall–Kier alpha value is -2.75. The molecule has 0 spiro atoms. The minimum absolute atomic E-state index is 0.0416. The highest BCUT2D eigenvalue weighted by Gasteiger charge is 2.20. The lowest BCUT2D eigenvalue weighted by Gasteiger charge is -2.10. The molecule has 0 saturated carbocycles. The Morgan fingerprint density at radius 2 is 1.88 bits per heavy atom. The van der Waals surface area contributed by atoms with Crippen LogP contribution in [0.2, 0.25) is 0 Å². The summed E-state index contributed by atoms with van der Waals surface area (Å²) in [6.07, 6.45) is 0. The predicted molar refractivity (Wildman–Crippen MR) is 90.1 cm³/mol. The second kappa shape index (κ2) is 5.71. The second-order valence-electron chi connectivity index (χ2n) is 5.23. The Morgan fingerprint density at radius 1 is 1.21 bits per heavy atom. The van der Waals surface area contributed by atoms with E-state index in [9.17, 15) is 19.7 Å². The third kappa shape index (κ3) is 2.35. The number of nitro benzene ring substituents is 1. The van der Waals surface area contributed by atoms with Gasteiger partial charge in [0.25, 0.3) is 11.2 Å². The summed E-state index contributed by atoms with van der Waals surface area (Å²) in [5.41, 5.74) is -0.201. The van der Waals surface area contributed by atoms with Crippen molar-refractivity contribution in [2.45, 2.75) is 6.54 Å². The van der Waals surface area contributed by atoms with Crippen LogP contribution in [0.1, 0.15) is 5.56 Å². The number of benzene rings is 1. The number of nitro groups is 1. The Balaban J connectivity index is 2.29. The average Bonchev–Trinajstić information content (AvgIpc) is 2.88. The number of hydrogen-bond donors (Lipinski definition) is 0. The highest BCUT2D eigenvalue weighted by Crippen LogP contribution is 2.23. The maximum Gasteiger partial charge on any atom is 0.332 e. The molecule has 0 aliphatic rings. The number of halogens is 1. The van der Waals surface area contributed by atoms with Crippen LogP contribution in [0.15, 0.2) is 38.6 Å². The molecule has 24 heavy (non-hydrogen) atoms. The smallest absolute Gasteiger partial charge is 0.300 e. The van der Waals surface area contributed by atoms with E-state index in [1.807, 2.05) is 0 Å². The van der Waals surface area contributed by atoms with Gasteiger partial charge < -0.3 is 0 Å². The van der Waals surface area contributed by atoms with E-state index in [1.54, 1.807) is 22.8 Å². The minimum Gasteiger partial charge on any atom is -0.300 e. The number of para-hydroxylation sites is 1. The summed E-state index contributed by atoms with van der Waals surface area (Å²) in [5.74, 6) is 0. The number of imidazole rings is 1. The first kappa shape index (κ1) is 16.1. The van der Waals surface area contributed by atoms with Crippen LogP contribution in [0, 0.1) is 10.1 Å². The molecule has 0 radical (unpaired) electrons. The van der Waals surface area contributed by atoms with Gasteiger partial charge in [0, 0.05) is 25.7 Å². The SMILES string of the molecule is Cn1c(=O)c2nc(Br)n(Cc3ccccc3[N+](=O)[O-])c2n(C)c1=O. The summed E-state index contributed by atoms with van der Waals surface area (Å²) in [7, 11) is 2.90. The first-order valence-electron chi connectivity index (χ1n) is 6.87. The topological polar surface area (TPSA) is 105 Å². The third-order valence-corrected chi connectivity index (χ3v) is 4.42. The van der Waals surface area contributed by atoms with Crippen molar-refractivity contribution < 1.29 is 4.92 Å². The molecule has 0 atom stereocenters. The molecule has 1 aromatic carbocycles. The van der Waals surface area contributed by atoms with E-state index in [-0.39, 0.29) is 17.7 Å². The van der Waals surface area contributed by atoms with Crippen LogP contribution in [0.25, 0.3) is 11.2 Å². The van der Waals surface area contributed by atoms with Crippen LogP contribution in [0.4, 0.5) is 5.69 Å². The number of aryl methyl sites for hydroxylation is 1. The number of aromatic nitrogens is 4. The van der Waals surface area contributed by atoms with Crippen LogP contribution in [0.5, 0.6) is 0 Å². The van der Waals surface area contributed by atoms with E-state index >= 15 is 0 Å². The first-order chi connectivity index (χ1) is 11.3. The molecular formula is C14H12BrN5O4. The molecule has 0 unspecified atom stereocenters. The third-order valence-electron chi connectivity index (χ3n) is 3.81. The number of rotatable bonds is 3. The molecule has 124 valence electrons. The number of nitrogens with zero attached hydrogens (tertiary/aromatic N) is 5. The predicted octanol–water partition coefficient (Wildman–Crippen LogP) is 1.15. The van der Waals surface area contributed by atoms with Crippen molar-refractivity contribution in [1.82, 2.24) is 18.7 Å². The van der Waals surface area contributed by atoms with E-state index in [1.165, 1.54) is 24.7 Å². The van der Waals surface area contributed by atoms with Crippen molar-refractivity contribution >= 4 is 32.8 Å². The first-order valence-corrected chi connectivity index (χ1v) is 7.66. The van der Waals surface area contributed by atoms with Crippen LogP contribution in [-0.4, -0.2) is 23.6 Å². The summed E-state index contributed by atoms with van der Waals surface area (Å²) in [4.78, 5) is 39.3. The maximum absolute atomic E-state index is 12.2. The quantitative estimate of drug-likeness (QED) is 0.377. The molecule has 2 heterocycles. The fourth-order valence-electron chi connectivity index (χ4n) is 2.60. The summed E-state index contributed by atoms with van der Waals surface area (Å²) in [5, 5.41) is 11.2. The fourth-order valence-corrected chi connectivity index (χ4v) is 3.07. The van der Waals surface area contributed by atoms with Gasteiger partial charge in [-0.3, -0.25) is 28.6 Å². The zero-order valence-electron chi connectivity index (χ0n) is 12.8. The molecular weight excluding hydrogens is 382 g/mol. The van der Waals surface area contributed by atoms with Crippen molar-refractivity contribution in [3.05, 3.63) is 65.5 Å². The molecule has 0 fully saturated rings. The van der Waals surface area contributed by atoms with Gasteiger partial charge in [-0.1, -0.05) is 18.2 Å². The van der Waals surface area contributed by atoms with Gasteiger partial charge in [-0.15, -0.1) is 0 Å². The average molecular weight is 394 g/mol. The van der Waals surface area contributed by atoms with Crippen LogP contribution < -0.4 is 11.2 Å². The van der Waals surface area contributed by atoms with Crippen molar-refractivity contribution in [3.8, 4) is 0 Å². The van der Waals surface area contributed by atoms with Gasteiger partial charge in [0.15, 0.2) is 15.9 Å². The Labute approximate surface area is 143 Å². The largest absolute Gasteiger partial charge is 0.332 e. The zero-order chi connectivity index (χ0) is 17.6. The van der Waals surface area contributed by atoms with Gasteiger partial charge in [-0.05, 0) is 15.9 Å². The normalized spacial score (nSPS) is 11.1. The molecule has 10 heteroatoms. The Morgan fingerprint density at radius 3 is 2.54 bits per heavy atom. The standard InChI is InChI=1S/C14H12BrN5O4/c1-17-11-10(12(21)18(2)14(17)22)16-13(15)19(11)7-8-5-3-4-6-9(8)20(23)24/h3-6H,7H2,1-2H3. The molecule has 0 amide bonds. The molecule has 3 rings (SSSR count). The lowest BCUT2D eigenvalue weighted by Crippen LogP contribution is -2.37. The lowest BCUT2D eigenvalue weighted by molar-refractivity contribution is -0.385. The molecule has 0 bridgehead atoms. The summed E-state index contributed by atoms with van der Waals surface area (Å²) in [6, 6.07) is 6.29. The molecule has 0 aliphatic heterocycles. The Kier molecular flexibility index (Phi) is 3.84. The second-order valence-corrected chi connectivity index (χ2v) is 5.94. The van der Waals surface area contributed by atoms with Gasteiger partial charge in [0.1, 0.15) is 0 Å². The summed E-state index contributed by atoms with van der Waals surface area (Å²) in [6.45, 7) is 0.0919. The van der Waals surface area contributed by atoms with E-state index in [2.05, 4.69) is 20.9 Å². The molecule has 3 aromatic rings. The van der Waals surface area contributed by atoms with E-state index < -0.39 is 16.2 Å². The van der Waals surface area contributed by atoms with Gasteiger partial charge in [-0.2, -0.15) is 0 Å². The molecule has 9 nitrogen and oxygen atoms in total. The van der Waals surface area contributed by atoms with Gasteiger partial charge in [0.05, 0.1) is 11.5 Å². The highest BCUT2D eigenvalue weighted by atomic mass is 79.9. The van der Waals surface area contributed by atoms with Gasteiger partial charge >= 0.3 is 5.69 Å². The van der Waals surface area contributed by atoms with E-state index in [0.29, 0.717) is 15.9 Å². The number of hydrogen-bond acceptors (Lipinski definition) is 5. The highest BCUT2D eigenvalue weighted by molar-refractivity contribution is 9.10. The minimum atomic E-state index is -0.518. The Bertz CT molecular complexity index is 1090. The molecule has 0 N–H and O–H groups in total. The van der Waals surface area contributed by atoms with Gasteiger partial charge in [-0.25, -0.2) is 9.78 Å². The van der Waals surface area contributed by atoms with Crippen molar-refractivity contribution in [3.63, 3.8) is 0 Å². The summed E-state index contributed by atoms with van der Waals surface area (Å²) < 4.78 is 4.13. The van der Waals surface area contributed by atoms with Crippen LogP contribution >= 0.6 is 15.9 Å². The molecule has 2 aromatic heterocycles. The van der Waals surface area contributed by atoms with Gasteiger partial charge in [0.2, 0.25) is 0 Å². The van der Waals surface area contributed by atoms with Crippen LogP contribution in [0.3, 0.4) is 0 Å². The van der Waals surface area contributed by atoms with Crippen molar-refractivity contribution in [2.75, 3.05) is 0 Å². The molecule has 0 saturated heterocycles. The summed E-state index contributed by atoms with van der Waals surface area (Å²) >= 11 is 3.26.